The normalized spacial score (nSPS) is 11.9. The van der Waals surface area contributed by atoms with Gasteiger partial charge in [0.05, 0.1) is 5.69 Å². The second-order valence-electron chi connectivity index (χ2n) is 5.12. The summed E-state index contributed by atoms with van der Waals surface area (Å²) in [6, 6.07) is 5.44. The van der Waals surface area contributed by atoms with Crippen LogP contribution in [0.4, 0.5) is 0 Å². The van der Waals surface area contributed by atoms with E-state index >= 15 is 0 Å². The van der Waals surface area contributed by atoms with E-state index < -0.39 is 0 Å². The molecule has 0 aliphatic rings. The first-order valence-corrected chi connectivity index (χ1v) is 5.29. The van der Waals surface area contributed by atoms with Crippen LogP contribution in [0.1, 0.15) is 37.1 Å². The molecule has 0 N–H and O–H groups in total. The van der Waals surface area contributed by atoms with Crippen LogP contribution in [0.25, 0.3) is 5.65 Å². The molecule has 2 aromatic rings. The minimum atomic E-state index is 0.124. The Bertz CT molecular complexity index is 523. The van der Waals surface area contributed by atoms with Gasteiger partial charge in [0.15, 0.2) is 11.9 Å². The molecule has 2 rings (SSSR count). The lowest BCUT2D eigenvalue weighted by molar-refractivity contribution is 0.111. The molecule has 4 nitrogen and oxygen atoms in total. The van der Waals surface area contributed by atoms with Crippen molar-refractivity contribution in [2.45, 2.75) is 27.2 Å². The molecule has 0 aliphatic carbocycles. The van der Waals surface area contributed by atoms with Crippen molar-refractivity contribution < 1.29 is 4.79 Å². The summed E-state index contributed by atoms with van der Waals surface area (Å²) in [7, 11) is 0. The molecule has 0 amide bonds. The highest BCUT2D eigenvalue weighted by Crippen LogP contribution is 2.20. The van der Waals surface area contributed by atoms with Gasteiger partial charge in [-0.05, 0) is 17.5 Å². The van der Waals surface area contributed by atoms with Gasteiger partial charge >= 0.3 is 0 Å². The standard InChI is InChI=1S/C12H15N3O/c1-12(2,3)7-11-14-13-10-6-4-5-9(8-16)15(10)11/h4-6,8H,7H2,1-3H3. The van der Waals surface area contributed by atoms with E-state index in [1.54, 1.807) is 6.07 Å². The predicted molar refractivity (Wildman–Crippen MR) is 61.5 cm³/mol. The fourth-order valence-corrected chi connectivity index (χ4v) is 1.71. The van der Waals surface area contributed by atoms with E-state index in [2.05, 4.69) is 31.0 Å². The number of carbonyl (C=O) groups is 1. The monoisotopic (exact) mass is 217 g/mol. The number of rotatable bonds is 2. The number of hydrogen-bond acceptors (Lipinski definition) is 3. The number of aldehydes is 1. The van der Waals surface area contributed by atoms with Crippen molar-refractivity contribution in [1.82, 2.24) is 14.6 Å². The third-order valence-electron chi connectivity index (χ3n) is 2.33. The lowest BCUT2D eigenvalue weighted by Crippen LogP contribution is -2.13. The molecule has 0 aromatic carbocycles. The predicted octanol–water partition coefficient (Wildman–Crippen LogP) is 2.13. The Kier molecular flexibility index (Phi) is 2.50. The molecule has 0 radical (unpaired) electrons. The highest BCUT2D eigenvalue weighted by molar-refractivity contribution is 5.73. The Labute approximate surface area is 94.3 Å². The van der Waals surface area contributed by atoms with Crippen molar-refractivity contribution >= 4 is 11.9 Å². The van der Waals surface area contributed by atoms with Crippen molar-refractivity contribution in [2.24, 2.45) is 5.41 Å². The van der Waals surface area contributed by atoms with Crippen LogP contribution >= 0.6 is 0 Å². The highest BCUT2D eigenvalue weighted by atomic mass is 16.1. The van der Waals surface area contributed by atoms with Crippen LogP contribution in [0.2, 0.25) is 0 Å². The van der Waals surface area contributed by atoms with Crippen LogP contribution in [-0.2, 0) is 6.42 Å². The average molecular weight is 217 g/mol. The lowest BCUT2D eigenvalue weighted by Gasteiger charge is -2.16. The van der Waals surface area contributed by atoms with Crippen LogP contribution in [-0.4, -0.2) is 20.9 Å². The summed E-state index contributed by atoms with van der Waals surface area (Å²) >= 11 is 0. The molecule has 16 heavy (non-hydrogen) atoms. The molecular formula is C12H15N3O. The van der Waals surface area contributed by atoms with Crippen LogP contribution in [0.5, 0.6) is 0 Å². The summed E-state index contributed by atoms with van der Waals surface area (Å²) in [5.41, 5.74) is 1.45. The molecule has 0 fully saturated rings. The number of hydrogen-bond donors (Lipinski definition) is 0. The number of nitrogens with zero attached hydrogens (tertiary/aromatic N) is 3. The fraction of sp³-hybridized carbons (Fsp3) is 0.417. The van der Waals surface area contributed by atoms with Gasteiger partial charge in [-0.1, -0.05) is 26.8 Å². The Hall–Kier alpha value is -1.71. The minimum Gasteiger partial charge on any atom is -0.296 e. The van der Waals surface area contributed by atoms with Gasteiger partial charge in [-0.15, -0.1) is 10.2 Å². The van der Waals surface area contributed by atoms with E-state index in [4.69, 9.17) is 0 Å². The number of pyridine rings is 1. The Morgan fingerprint density at radius 3 is 2.69 bits per heavy atom. The molecular weight excluding hydrogens is 202 g/mol. The second-order valence-corrected chi connectivity index (χ2v) is 5.12. The van der Waals surface area contributed by atoms with Gasteiger partial charge < -0.3 is 0 Å². The van der Waals surface area contributed by atoms with Gasteiger partial charge in [-0.2, -0.15) is 0 Å². The SMILES string of the molecule is CC(C)(C)Cc1nnc2cccc(C=O)n12. The summed E-state index contributed by atoms with van der Waals surface area (Å²) in [6.45, 7) is 6.41. The average Bonchev–Trinajstić information content (AvgIpc) is 2.59. The minimum absolute atomic E-state index is 0.124. The molecule has 0 atom stereocenters. The smallest absolute Gasteiger partial charge is 0.166 e. The van der Waals surface area contributed by atoms with E-state index in [0.29, 0.717) is 5.69 Å². The molecule has 84 valence electrons. The van der Waals surface area contributed by atoms with E-state index in [1.807, 2.05) is 16.5 Å². The van der Waals surface area contributed by atoms with E-state index in [1.165, 1.54) is 0 Å². The topological polar surface area (TPSA) is 47.3 Å². The summed E-state index contributed by atoms with van der Waals surface area (Å²) in [5, 5.41) is 8.21. The quantitative estimate of drug-likeness (QED) is 0.724. The van der Waals surface area contributed by atoms with Crippen LogP contribution < -0.4 is 0 Å². The van der Waals surface area contributed by atoms with Crippen molar-refractivity contribution in [1.29, 1.82) is 0 Å². The Balaban J connectivity index is 2.58. The van der Waals surface area contributed by atoms with Crippen molar-refractivity contribution in [3.8, 4) is 0 Å². The van der Waals surface area contributed by atoms with Gasteiger partial charge in [0.25, 0.3) is 0 Å². The molecule has 0 saturated heterocycles. The van der Waals surface area contributed by atoms with Gasteiger partial charge in [0.2, 0.25) is 0 Å². The summed E-state index contributed by atoms with van der Waals surface area (Å²) in [4.78, 5) is 11.0. The summed E-state index contributed by atoms with van der Waals surface area (Å²) < 4.78 is 1.82. The van der Waals surface area contributed by atoms with E-state index in [-0.39, 0.29) is 5.41 Å². The molecule has 0 aliphatic heterocycles. The van der Waals surface area contributed by atoms with Gasteiger partial charge in [0.1, 0.15) is 5.82 Å². The molecule has 4 heteroatoms. The first kappa shape index (κ1) is 10.8. The maximum absolute atomic E-state index is 11.0. The number of aromatic nitrogens is 3. The summed E-state index contributed by atoms with van der Waals surface area (Å²) in [6.07, 6.45) is 1.63. The van der Waals surface area contributed by atoms with E-state index in [9.17, 15) is 4.79 Å². The zero-order valence-corrected chi connectivity index (χ0v) is 9.77. The molecule has 0 saturated carbocycles. The third-order valence-corrected chi connectivity index (χ3v) is 2.33. The van der Waals surface area contributed by atoms with Crippen LogP contribution in [0.3, 0.4) is 0 Å². The first-order valence-electron chi connectivity index (χ1n) is 5.29. The van der Waals surface area contributed by atoms with Crippen molar-refractivity contribution in [3.05, 3.63) is 29.7 Å². The largest absolute Gasteiger partial charge is 0.296 e. The van der Waals surface area contributed by atoms with Gasteiger partial charge in [-0.3, -0.25) is 9.20 Å². The highest BCUT2D eigenvalue weighted by Gasteiger charge is 2.17. The molecule has 0 spiro atoms. The van der Waals surface area contributed by atoms with Gasteiger partial charge in [-0.25, -0.2) is 0 Å². The van der Waals surface area contributed by atoms with E-state index in [0.717, 1.165) is 24.2 Å². The molecule has 2 aromatic heterocycles. The zero-order chi connectivity index (χ0) is 11.8. The van der Waals surface area contributed by atoms with Crippen molar-refractivity contribution in [2.75, 3.05) is 0 Å². The zero-order valence-electron chi connectivity index (χ0n) is 9.77. The number of fused-ring (bicyclic) bond motifs is 1. The molecule has 0 bridgehead atoms. The summed E-state index contributed by atoms with van der Waals surface area (Å²) in [5.74, 6) is 0.838. The first-order chi connectivity index (χ1) is 7.51. The maximum atomic E-state index is 11.0. The third kappa shape index (κ3) is 1.96. The fourth-order valence-electron chi connectivity index (χ4n) is 1.71. The number of carbonyl (C=O) groups excluding carboxylic acids is 1. The second kappa shape index (κ2) is 3.70. The Morgan fingerprint density at radius 2 is 2.06 bits per heavy atom. The van der Waals surface area contributed by atoms with Crippen LogP contribution in [0.15, 0.2) is 18.2 Å². The Morgan fingerprint density at radius 1 is 1.31 bits per heavy atom. The van der Waals surface area contributed by atoms with Crippen molar-refractivity contribution in [3.63, 3.8) is 0 Å². The maximum Gasteiger partial charge on any atom is 0.166 e. The van der Waals surface area contributed by atoms with Gasteiger partial charge in [0, 0.05) is 6.42 Å². The van der Waals surface area contributed by atoms with Crippen LogP contribution in [0, 0.1) is 5.41 Å². The molecule has 0 unspecified atom stereocenters. The molecule has 2 heterocycles. The lowest BCUT2D eigenvalue weighted by atomic mass is 9.92.